The van der Waals surface area contributed by atoms with Crippen molar-refractivity contribution in [1.29, 1.82) is 0 Å². The Hall–Kier alpha value is -0.870. The van der Waals surface area contributed by atoms with Gasteiger partial charge in [0, 0.05) is 11.8 Å². The van der Waals surface area contributed by atoms with Crippen LogP contribution in [0.15, 0.2) is 17.5 Å². The van der Waals surface area contributed by atoms with E-state index in [1.807, 2.05) is 31.6 Å². The molecule has 16 heavy (non-hydrogen) atoms. The monoisotopic (exact) mass is 241 g/mol. The predicted molar refractivity (Wildman–Crippen MR) is 66.6 cm³/mol. The molecule has 0 aliphatic heterocycles. The van der Waals surface area contributed by atoms with Gasteiger partial charge in [0.05, 0.1) is 0 Å². The van der Waals surface area contributed by atoms with Gasteiger partial charge in [-0.05, 0) is 44.9 Å². The van der Waals surface area contributed by atoms with Crippen molar-refractivity contribution in [3.05, 3.63) is 22.4 Å². The molecule has 1 heterocycles. The molecule has 0 aliphatic rings. The Morgan fingerprint density at radius 1 is 1.56 bits per heavy atom. The predicted octanol–water partition coefficient (Wildman–Crippen LogP) is 2.69. The molecular weight excluding hydrogens is 222 g/mol. The van der Waals surface area contributed by atoms with E-state index >= 15 is 0 Å². The van der Waals surface area contributed by atoms with Gasteiger partial charge in [0.2, 0.25) is 0 Å². The first-order valence-corrected chi connectivity index (χ1v) is 6.33. The van der Waals surface area contributed by atoms with Crippen molar-refractivity contribution in [2.45, 2.75) is 25.9 Å². The minimum Gasteiger partial charge on any atom is -0.457 e. The van der Waals surface area contributed by atoms with Crippen LogP contribution in [0.3, 0.4) is 0 Å². The Bertz CT molecular complexity index is 309. The fourth-order valence-corrected chi connectivity index (χ4v) is 2.32. The summed E-state index contributed by atoms with van der Waals surface area (Å²) in [7, 11) is 4.10. The zero-order valence-electron chi connectivity index (χ0n) is 10.1. The molecule has 0 bridgehead atoms. The SMILES string of the molecule is CC(=O)OC(CCCN(C)C)c1cccs1. The first kappa shape index (κ1) is 13.2. The Morgan fingerprint density at radius 2 is 2.31 bits per heavy atom. The lowest BCUT2D eigenvalue weighted by atomic mass is 10.1. The second-order valence-electron chi connectivity index (χ2n) is 4.06. The summed E-state index contributed by atoms with van der Waals surface area (Å²) in [5.74, 6) is -0.205. The second kappa shape index (κ2) is 6.66. The topological polar surface area (TPSA) is 29.5 Å². The summed E-state index contributed by atoms with van der Waals surface area (Å²) in [5.41, 5.74) is 0. The van der Waals surface area contributed by atoms with E-state index in [1.165, 1.54) is 6.92 Å². The minimum absolute atomic E-state index is 0.0718. The Balaban J connectivity index is 2.48. The van der Waals surface area contributed by atoms with Gasteiger partial charge in [-0.3, -0.25) is 4.79 Å². The molecular formula is C12H19NO2S. The molecule has 1 aromatic heterocycles. The maximum atomic E-state index is 11.0. The van der Waals surface area contributed by atoms with Gasteiger partial charge >= 0.3 is 5.97 Å². The van der Waals surface area contributed by atoms with Crippen LogP contribution in [0.1, 0.15) is 30.7 Å². The van der Waals surface area contributed by atoms with Gasteiger partial charge in [0.25, 0.3) is 0 Å². The maximum Gasteiger partial charge on any atom is 0.303 e. The van der Waals surface area contributed by atoms with Gasteiger partial charge in [0.15, 0.2) is 0 Å². The summed E-state index contributed by atoms with van der Waals surface area (Å²) < 4.78 is 5.33. The van der Waals surface area contributed by atoms with E-state index < -0.39 is 0 Å². The van der Waals surface area contributed by atoms with Crippen LogP contribution >= 0.6 is 11.3 Å². The molecule has 1 atom stereocenters. The van der Waals surface area contributed by atoms with Crippen molar-refractivity contribution in [3.63, 3.8) is 0 Å². The molecule has 1 rings (SSSR count). The number of hydrogen-bond acceptors (Lipinski definition) is 4. The number of nitrogens with zero attached hydrogens (tertiary/aromatic N) is 1. The van der Waals surface area contributed by atoms with Crippen molar-refractivity contribution in [1.82, 2.24) is 4.90 Å². The lowest BCUT2D eigenvalue weighted by Crippen LogP contribution is -2.15. The van der Waals surface area contributed by atoms with Gasteiger partial charge in [-0.25, -0.2) is 0 Å². The maximum absolute atomic E-state index is 11.0. The number of ether oxygens (including phenoxy) is 1. The van der Waals surface area contributed by atoms with E-state index in [9.17, 15) is 4.79 Å². The lowest BCUT2D eigenvalue weighted by molar-refractivity contribution is -0.146. The van der Waals surface area contributed by atoms with Crippen LogP contribution in [0.5, 0.6) is 0 Å². The van der Waals surface area contributed by atoms with Crippen LogP contribution in [0.25, 0.3) is 0 Å². The lowest BCUT2D eigenvalue weighted by Gasteiger charge is -2.16. The molecule has 0 aliphatic carbocycles. The quantitative estimate of drug-likeness (QED) is 0.717. The third-order valence-corrected chi connectivity index (χ3v) is 3.20. The molecule has 0 saturated carbocycles. The van der Waals surface area contributed by atoms with Gasteiger partial charge in [-0.2, -0.15) is 0 Å². The Labute approximate surface area is 101 Å². The Kier molecular flexibility index (Phi) is 5.49. The molecule has 0 saturated heterocycles. The molecule has 3 nitrogen and oxygen atoms in total. The summed E-state index contributed by atoms with van der Waals surface area (Å²) in [6, 6.07) is 4.01. The van der Waals surface area contributed by atoms with Gasteiger partial charge < -0.3 is 9.64 Å². The highest BCUT2D eigenvalue weighted by Crippen LogP contribution is 2.26. The summed E-state index contributed by atoms with van der Waals surface area (Å²) in [6.45, 7) is 2.48. The smallest absolute Gasteiger partial charge is 0.303 e. The third-order valence-electron chi connectivity index (χ3n) is 2.24. The molecule has 1 aromatic rings. The minimum atomic E-state index is -0.205. The zero-order chi connectivity index (χ0) is 12.0. The van der Waals surface area contributed by atoms with E-state index in [1.54, 1.807) is 11.3 Å². The fraction of sp³-hybridized carbons (Fsp3) is 0.583. The van der Waals surface area contributed by atoms with E-state index in [4.69, 9.17) is 4.74 Å². The number of hydrogen-bond donors (Lipinski definition) is 0. The molecule has 0 radical (unpaired) electrons. The molecule has 0 N–H and O–H groups in total. The number of thiophene rings is 1. The summed E-state index contributed by atoms with van der Waals surface area (Å²) in [5, 5.41) is 2.01. The second-order valence-corrected chi connectivity index (χ2v) is 5.04. The largest absolute Gasteiger partial charge is 0.457 e. The fourth-order valence-electron chi connectivity index (χ4n) is 1.53. The van der Waals surface area contributed by atoms with Crippen molar-refractivity contribution in [2.24, 2.45) is 0 Å². The Morgan fingerprint density at radius 3 is 2.81 bits per heavy atom. The average Bonchev–Trinajstić information content (AvgIpc) is 2.67. The number of esters is 1. The van der Waals surface area contributed by atoms with Crippen LogP contribution in [-0.2, 0) is 9.53 Å². The van der Waals surface area contributed by atoms with Crippen molar-refractivity contribution >= 4 is 17.3 Å². The average molecular weight is 241 g/mol. The molecule has 90 valence electrons. The molecule has 0 spiro atoms. The highest BCUT2D eigenvalue weighted by molar-refractivity contribution is 7.10. The van der Waals surface area contributed by atoms with E-state index in [-0.39, 0.29) is 12.1 Å². The van der Waals surface area contributed by atoms with E-state index in [0.717, 1.165) is 24.3 Å². The zero-order valence-corrected chi connectivity index (χ0v) is 10.9. The summed E-state index contributed by atoms with van der Waals surface area (Å²) in [4.78, 5) is 14.3. The first-order chi connectivity index (χ1) is 7.59. The normalized spacial score (nSPS) is 12.8. The van der Waals surface area contributed by atoms with Crippen LogP contribution in [0.2, 0.25) is 0 Å². The van der Waals surface area contributed by atoms with E-state index in [2.05, 4.69) is 4.90 Å². The third kappa shape index (κ3) is 4.77. The summed E-state index contributed by atoms with van der Waals surface area (Å²) in [6.07, 6.45) is 1.85. The molecule has 4 heteroatoms. The van der Waals surface area contributed by atoms with Crippen LogP contribution in [0.4, 0.5) is 0 Å². The molecule has 0 fully saturated rings. The van der Waals surface area contributed by atoms with Gasteiger partial charge in [-0.15, -0.1) is 11.3 Å². The first-order valence-electron chi connectivity index (χ1n) is 5.45. The van der Waals surface area contributed by atoms with Crippen LogP contribution in [-0.4, -0.2) is 31.5 Å². The summed E-state index contributed by atoms with van der Waals surface area (Å²) >= 11 is 1.64. The van der Waals surface area contributed by atoms with Crippen LogP contribution in [0, 0.1) is 0 Å². The van der Waals surface area contributed by atoms with Crippen LogP contribution < -0.4 is 0 Å². The molecule has 0 aromatic carbocycles. The van der Waals surface area contributed by atoms with Crippen molar-refractivity contribution in [2.75, 3.05) is 20.6 Å². The van der Waals surface area contributed by atoms with Gasteiger partial charge in [0.1, 0.15) is 6.10 Å². The van der Waals surface area contributed by atoms with Gasteiger partial charge in [-0.1, -0.05) is 6.07 Å². The van der Waals surface area contributed by atoms with E-state index in [0.29, 0.717) is 0 Å². The van der Waals surface area contributed by atoms with Crippen molar-refractivity contribution in [3.8, 4) is 0 Å². The number of carbonyl (C=O) groups excluding carboxylic acids is 1. The standard InChI is InChI=1S/C12H19NO2S/c1-10(14)15-11(6-4-8-13(2)3)12-7-5-9-16-12/h5,7,9,11H,4,6,8H2,1-3H3. The van der Waals surface area contributed by atoms with Crippen molar-refractivity contribution < 1.29 is 9.53 Å². The number of rotatable bonds is 6. The molecule has 1 unspecified atom stereocenters. The highest BCUT2D eigenvalue weighted by atomic mass is 32.1. The molecule has 0 amide bonds. The highest BCUT2D eigenvalue weighted by Gasteiger charge is 2.15. The number of carbonyl (C=O) groups is 1.